The second-order valence-electron chi connectivity index (χ2n) is 6.64. The Morgan fingerprint density at radius 2 is 1.95 bits per heavy atom. The van der Waals surface area contributed by atoms with Gasteiger partial charge in [0.15, 0.2) is 0 Å². The van der Waals surface area contributed by atoms with Crippen LogP contribution in [0.3, 0.4) is 0 Å². The highest BCUT2D eigenvalue weighted by Gasteiger charge is 2.30. The van der Waals surface area contributed by atoms with Crippen LogP contribution in [0.4, 0.5) is 0 Å². The summed E-state index contributed by atoms with van der Waals surface area (Å²) in [5.41, 5.74) is 1.80. The van der Waals surface area contributed by atoms with E-state index in [-0.39, 0.29) is 17.1 Å². The van der Waals surface area contributed by atoms with Crippen molar-refractivity contribution in [1.82, 2.24) is 9.97 Å². The Morgan fingerprint density at radius 1 is 1.25 bits per heavy atom. The van der Waals surface area contributed by atoms with Gasteiger partial charge in [-0.15, -0.1) is 0 Å². The quantitative estimate of drug-likeness (QED) is 0.864. The van der Waals surface area contributed by atoms with Crippen molar-refractivity contribution in [1.29, 1.82) is 0 Å². The first-order valence-electron chi connectivity index (χ1n) is 7.67. The van der Waals surface area contributed by atoms with Crippen LogP contribution in [0, 0.1) is 5.41 Å². The van der Waals surface area contributed by atoms with Crippen molar-refractivity contribution in [2.75, 3.05) is 6.61 Å². The summed E-state index contributed by atoms with van der Waals surface area (Å²) in [6.07, 6.45) is 4.98. The predicted octanol–water partition coefficient (Wildman–Crippen LogP) is 3.16. The van der Waals surface area contributed by atoms with Crippen LogP contribution in [0.5, 0.6) is 0 Å². The fourth-order valence-corrected chi connectivity index (χ4v) is 2.83. The summed E-state index contributed by atoms with van der Waals surface area (Å²) in [4.78, 5) is 20.0. The molecule has 0 amide bonds. The summed E-state index contributed by atoms with van der Waals surface area (Å²) in [7, 11) is 0. The van der Waals surface area contributed by atoms with Crippen molar-refractivity contribution in [2.24, 2.45) is 5.41 Å². The largest absolute Gasteiger partial charge is 0.370 e. The second kappa shape index (κ2) is 6.08. The molecular weight excluding hydrogens is 252 g/mol. The van der Waals surface area contributed by atoms with Gasteiger partial charge >= 0.3 is 0 Å². The number of nitrogens with zero attached hydrogens (tertiary/aromatic N) is 1. The van der Waals surface area contributed by atoms with Gasteiger partial charge in [-0.1, -0.05) is 27.2 Å². The minimum absolute atomic E-state index is 0.0286. The number of fused-ring (bicyclic) bond motifs is 1. The third-order valence-corrected chi connectivity index (χ3v) is 3.83. The van der Waals surface area contributed by atoms with Gasteiger partial charge in [-0.3, -0.25) is 4.79 Å². The Bertz CT molecular complexity index is 514. The van der Waals surface area contributed by atoms with Gasteiger partial charge in [0.1, 0.15) is 11.9 Å². The van der Waals surface area contributed by atoms with E-state index in [2.05, 4.69) is 25.8 Å². The Morgan fingerprint density at radius 3 is 2.60 bits per heavy atom. The number of hydrogen-bond donors (Lipinski definition) is 1. The van der Waals surface area contributed by atoms with Crippen LogP contribution in [0.2, 0.25) is 0 Å². The molecular formula is C16H26N2O2. The number of nitrogens with one attached hydrogen (secondary N) is 1. The van der Waals surface area contributed by atoms with Gasteiger partial charge in [-0.25, -0.2) is 4.98 Å². The van der Waals surface area contributed by atoms with Crippen LogP contribution in [0.1, 0.15) is 70.1 Å². The number of H-pyrrole nitrogens is 1. The van der Waals surface area contributed by atoms with Crippen LogP contribution in [-0.4, -0.2) is 16.6 Å². The number of ether oxygens (including phenoxy) is 1. The lowest BCUT2D eigenvalue weighted by Crippen LogP contribution is -2.28. The Hall–Kier alpha value is -1.16. The third-order valence-electron chi connectivity index (χ3n) is 3.83. The molecule has 2 rings (SSSR count). The van der Waals surface area contributed by atoms with Crippen molar-refractivity contribution in [3.05, 3.63) is 27.4 Å². The fraction of sp³-hybridized carbons (Fsp3) is 0.750. The van der Waals surface area contributed by atoms with Crippen molar-refractivity contribution in [2.45, 2.75) is 65.9 Å². The van der Waals surface area contributed by atoms with Gasteiger partial charge in [0.25, 0.3) is 5.56 Å². The van der Waals surface area contributed by atoms with Crippen LogP contribution in [0.15, 0.2) is 4.79 Å². The molecule has 0 aliphatic heterocycles. The minimum Gasteiger partial charge on any atom is -0.370 e. The number of aromatic nitrogens is 2. The van der Waals surface area contributed by atoms with Crippen molar-refractivity contribution in [3.63, 3.8) is 0 Å². The fourth-order valence-electron chi connectivity index (χ4n) is 2.83. The van der Waals surface area contributed by atoms with Gasteiger partial charge in [0, 0.05) is 12.2 Å². The summed E-state index contributed by atoms with van der Waals surface area (Å²) in [6, 6.07) is 0. The van der Waals surface area contributed by atoms with E-state index in [0.717, 1.165) is 36.9 Å². The molecule has 1 atom stereocenters. The molecule has 4 nitrogen and oxygen atoms in total. The van der Waals surface area contributed by atoms with Crippen LogP contribution < -0.4 is 5.56 Å². The lowest BCUT2D eigenvalue weighted by molar-refractivity contribution is -0.0194. The van der Waals surface area contributed by atoms with E-state index in [1.165, 1.54) is 6.42 Å². The summed E-state index contributed by atoms with van der Waals surface area (Å²) in [5, 5.41) is 0. The molecule has 0 fully saturated rings. The van der Waals surface area contributed by atoms with E-state index >= 15 is 0 Å². The number of hydrogen-bond acceptors (Lipinski definition) is 3. The first kappa shape index (κ1) is 15.2. The van der Waals surface area contributed by atoms with Gasteiger partial charge in [-0.05, 0) is 38.0 Å². The van der Waals surface area contributed by atoms with Gasteiger partial charge in [0.05, 0.1) is 5.69 Å². The standard InChI is InChI=1S/C16H26N2O2/c1-5-20-13(16(2,3)4)14-17-12-10-8-6-7-9-11(12)15(19)18-14/h13H,5-10H2,1-4H3,(H,17,18,19). The summed E-state index contributed by atoms with van der Waals surface area (Å²) >= 11 is 0. The first-order chi connectivity index (χ1) is 9.43. The van der Waals surface area contributed by atoms with Crippen molar-refractivity contribution < 1.29 is 4.74 Å². The smallest absolute Gasteiger partial charge is 0.254 e. The van der Waals surface area contributed by atoms with E-state index in [1.54, 1.807) is 0 Å². The number of aryl methyl sites for hydroxylation is 1. The Kier molecular flexibility index (Phi) is 4.63. The van der Waals surface area contributed by atoms with Gasteiger partial charge in [0.2, 0.25) is 0 Å². The normalized spacial score (nSPS) is 17.4. The summed E-state index contributed by atoms with van der Waals surface area (Å²) in [6.45, 7) is 8.92. The molecule has 4 heteroatoms. The van der Waals surface area contributed by atoms with Crippen molar-refractivity contribution in [3.8, 4) is 0 Å². The molecule has 1 aliphatic carbocycles. The zero-order valence-corrected chi connectivity index (χ0v) is 13.1. The first-order valence-corrected chi connectivity index (χ1v) is 7.67. The molecule has 1 aromatic heterocycles. The molecule has 1 aliphatic rings. The molecule has 0 spiro atoms. The molecule has 1 aromatic rings. The number of rotatable bonds is 3. The molecule has 0 saturated carbocycles. The molecule has 112 valence electrons. The van der Waals surface area contributed by atoms with E-state index in [0.29, 0.717) is 12.4 Å². The maximum atomic E-state index is 12.3. The monoisotopic (exact) mass is 278 g/mol. The average molecular weight is 278 g/mol. The van der Waals surface area contributed by atoms with E-state index in [4.69, 9.17) is 9.72 Å². The summed E-state index contributed by atoms with van der Waals surface area (Å²) < 4.78 is 5.84. The van der Waals surface area contributed by atoms with E-state index < -0.39 is 0 Å². The Balaban J connectivity index is 2.44. The predicted molar refractivity (Wildman–Crippen MR) is 79.9 cm³/mol. The topological polar surface area (TPSA) is 55.0 Å². The molecule has 0 radical (unpaired) electrons. The van der Waals surface area contributed by atoms with Crippen LogP contribution in [-0.2, 0) is 17.6 Å². The molecule has 0 bridgehead atoms. The molecule has 0 saturated heterocycles. The van der Waals surface area contributed by atoms with E-state index in [1.807, 2.05) is 6.92 Å². The molecule has 1 unspecified atom stereocenters. The molecule has 0 aromatic carbocycles. The minimum atomic E-state index is -0.172. The maximum absolute atomic E-state index is 12.3. The van der Waals surface area contributed by atoms with Crippen molar-refractivity contribution >= 4 is 0 Å². The third kappa shape index (κ3) is 3.29. The van der Waals surface area contributed by atoms with Gasteiger partial charge in [-0.2, -0.15) is 0 Å². The second-order valence-corrected chi connectivity index (χ2v) is 6.64. The van der Waals surface area contributed by atoms with E-state index in [9.17, 15) is 4.79 Å². The van der Waals surface area contributed by atoms with Crippen LogP contribution in [0.25, 0.3) is 0 Å². The zero-order valence-electron chi connectivity index (χ0n) is 13.1. The van der Waals surface area contributed by atoms with Crippen LogP contribution >= 0.6 is 0 Å². The zero-order chi connectivity index (χ0) is 14.8. The highest BCUT2D eigenvalue weighted by atomic mass is 16.5. The highest BCUT2D eigenvalue weighted by Crippen LogP contribution is 2.34. The lowest BCUT2D eigenvalue weighted by atomic mass is 9.88. The number of aromatic amines is 1. The average Bonchev–Trinajstić information content (AvgIpc) is 2.60. The highest BCUT2D eigenvalue weighted by molar-refractivity contribution is 5.20. The Labute approximate surface area is 121 Å². The van der Waals surface area contributed by atoms with Gasteiger partial charge < -0.3 is 9.72 Å². The summed E-state index contributed by atoms with van der Waals surface area (Å²) in [5.74, 6) is 0.685. The lowest BCUT2D eigenvalue weighted by Gasteiger charge is -2.29. The molecule has 20 heavy (non-hydrogen) atoms. The SMILES string of the molecule is CCOC(c1nc2c(c(=O)[nH]1)CCCCC2)C(C)(C)C. The molecule has 1 heterocycles. The maximum Gasteiger partial charge on any atom is 0.254 e. The molecule has 1 N–H and O–H groups in total.